The lowest BCUT2D eigenvalue weighted by Gasteiger charge is -2.66. The van der Waals surface area contributed by atoms with Gasteiger partial charge in [0.25, 0.3) is 0 Å². The van der Waals surface area contributed by atoms with E-state index in [1.54, 1.807) is 13.0 Å². The smallest absolute Gasteiger partial charge is 0.331 e. The number of carbonyl (C=O) groups is 1. The van der Waals surface area contributed by atoms with E-state index in [0.29, 0.717) is 45.1 Å². The quantitative estimate of drug-likeness (QED) is 0.267. The van der Waals surface area contributed by atoms with Gasteiger partial charge in [0, 0.05) is 29.7 Å². The number of fused-ring (bicyclic) bond motifs is 5. The van der Waals surface area contributed by atoms with Crippen LogP contribution < -0.4 is 0 Å². The maximum atomic E-state index is 12.4. The molecule has 0 aromatic carbocycles. The van der Waals surface area contributed by atoms with Gasteiger partial charge >= 0.3 is 5.97 Å². The summed E-state index contributed by atoms with van der Waals surface area (Å²) in [5.74, 6) is -0.245. The Morgan fingerprint density at radius 1 is 1.05 bits per heavy atom. The third kappa shape index (κ3) is 3.72. The predicted octanol–water partition coefficient (Wildman–Crippen LogP) is 1.57. The van der Waals surface area contributed by atoms with Crippen LogP contribution in [0.3, 0.4) is 0 Å². The molecule has 6 rings (SSSR count). The van der Waals surface area contributed by atoms with Crippen LogP contribution in [-0.4, -0.2) is 86.6 Å². The van der Waals surface area contributed by atoms with Crippen molar-refractivity contribution in [1.82, 2.24) is 0 Å². The Hall–Kier alpha value is -1.07. The van der Waals surface area contributed by atoms with Gasteiger partial charge < -0.3 is 39.7 Å². The summed E-state index contributed by atoms with van der Waals surface area (Å²) in [7, 11) is 0. The topological polar surface area (TPSA) is 146 Å². The average molecular weight is 537 g/mol. The molecule has 4 saturated carbocycles. The summed E-state index contributed by atoms with van der Waals surface area (Å²) in [6.07, 6.45) is 4.24. The Bertz CT molecular complexity index is 973. The number of hydrogen-bond acceptors (Lipinski definition) is 9. The number of hydrogen-bond donors (Lipinski definition) is 5. The second kappa shape index (κ2) is 9.23. The van der Waals surface area contributed by atoms with Gasteiger partial charge in [0.2, 0.25) is 0 Å². The first-order valence-electron chi connectivity index (χ1n) is 14.6. The molecule has 0 aromatic heterocycles. The number of aliphatic hydroxyl groups is 5. The molecular formula is C29H44O9. The van der Waals surface area contributed by atoms with E-state index < -0.39 is 41.2 Å². The third-order valence-corrected chi connectivity index (χ3v) is 12.1. The zero-order valence-electron chi connectivity index (χ0n) is 22.6. The van der Waals surface area contributed by atoms with Crippen molar-refractivity contribution in [2.75, 3.05) is 13.2 Å². The Balaban J connectivity index is 1.21. The molecule has 4 aliphatic carbocycles. The van der Waals surface area contributed by atoms with E-state index in [9.17, 15) is 30.3 Å². The summed E-state index contributed by atoms with van der Waals surface area (Å²) in [6, 6.07) is 0. The van der Waals surface area contributed by atoms with E-state index in [4.69, 9.17) is 14.2 Å². The van der Waals surface area contributed by atoms with Crippen LogP contribution >= 0.6 is 0 Å². The van der Waals surface area contributed by atoms with Gasteiger partial charge in [0.05, 0.1) is 36.1 Å². The van der Waals surface area contributed by atoms with Crippen molar-refractivity contribution in [2.24, 2.45) is 28.6 Å². The van der Waals surface area contributed by atoms with Crippen LogP contribution in [-0.2, 0) is 19.0 Å². The van der Waals surface area contributed by atoms with Gasteiger partial charge in [-0.15, -0.1) is 0 Å². The molecule has 0 radical (unpaired) electrons. The minimum absolute atomic E-state index is 0.0117. The molecule has 9 heteroatoms. The fraction of sp³-hybridized carbons (Fsp3) is 0.897. The molecule has 1 unspecified atom stereocenters. The maximum absolute atomic E-state index is 12.4. The van der Waals surface area contributed by atoms with Crippen LogP contribution in [0.25, 0.3) is 0 Å². The average Bonchev–Trinajstić information content (AvgIpc) is 3.41. The van der Waals surface area contributed by atoms with Crippen molar-refractivity contribution in [1.29, 1.82) is 0 Å². The SMILES string of the molecule is C[C@H]1O[C@H](O[C@H]2CC[C@]3(CO)[C@H]4CC[C@]5(C)[C@@H](C6=CC(=O)OC6)CCC5(O)[C@@H]4CC[C@]3(O)C2)C[C@H](O)[C@@H]1O. The highest BCUT2D eigenvalue weighted by Gasteiger charge is 2.71. The van der Waals surface area contributed by atoms with E-state index in [1.807, 2.05) is 0 Å². The monoisotopic (exact) mass is 536 g/mol. The van der Waals surface area contributed by atoms with Crippen molar-refractivity contribution in [3.8, 4) is 0 Å². The Morgan fingerprint density at radius 2 is 1.82 bits per heavy atom. The summed E-state index contributed by atoms with van der Waals surface area (Å²) in [5.41, 5.74) is -2.15. The standard InChI is InChI=1S/C29H44O9/c1-16-25(33)22(31)12-24(37-16)38-18-3-8-27(15-30)20-4-7-26(2)19(17-11-23(32)36-14-17)6-10-29(26,35)21(20)5-9-28(27,34)13-18/h11,16,18-22,24-25,30-31,33-35H,3-10,12-15H2,1-2H3/t16-,18+,19-,20+,21-,22+,24-,25-,26-,27+,28+,29?/m1/s1. The number of esters is 1. The van der Waals surface area contributed by atoms with E-state index in [-0.39, 0.29) is 48.3 Å². The predicted molar refractivity (Wildman–Crippen MR) is 134 cm³/mol. The van der Waals surface area contributed by atoms with Gasteiger partial charge in [0.1, 0.15) is 12.7 Å². The normalized spacial score (nSPS) is 54.5. The van der Waals surface area contributed by atoms with Gasteiger partial charge in [-0.2, -0.15) is 0 Å². The van der Waals surface area contributed by atoms with Crippen LogP contribution in [0.15, 0.2) is 11.6 Å². The zero-order chi connectivity index (χ0) is 27.1. The fourth-order valence-electron chi connectivity index (χ4n) is 9.94. The molecular weight excluding hydrogens is 492 g/mol. The molecule has 1 saturated heterocycles. The summed E-state index contributed by atoms with van der Waals surface area (Å²) >= 11 is 0. The third-order valence-electron chi connectivity index (χ3n) is 12.1. The lowest BCUT2D eigenvalue weighted by Crippen LogP contribution is -2.69. The molecule has 0 aromatic rings. The van der Waals surface area contributed by atoms with Crippen molar-refractivity contribution in [3.63, 3.8) is 0 Å². The Labute approximate surface area is 224 Å². The maximum Gasteiger partial charge on any atom is 0.331 e. The molecule has 6 aliphatic rings. The number of aliphatic hydroxyl groups excluding tert-OH is 3. The molecule has 12 atom stereocenters. The van der Waals surface area contributed by atoms with Gasteiger partial charge in [-0.1, -0.05) is 6.92 Å². The van der Waals surface area contributed by atoms with Crippen molar-refractivity contribution in [3.05, 3.63) is 11.6 Å². The zero-order valence-corrected chi connectivity index (χ0v) is 22.6. The first kappa shape index (κ1) is 27.1. The van der Waals surface area contributed by atoms with Crippen molar-refractivity contribution < 1.29 is 44.5 Å². The second-order valence-electron chi connectivity index (χ2n) is 13.5. The minimum atomic E-state index is -1.12. The van der Waals surface area contributed by atoms with E-state index >= 15 is 0 Å². The summed E-state index contributed by atoms with van der Waals surface area (Å²) in [5, 5.41) is 55.6. The van der Waals surface area contributed by atoms with Crippen LogP contribution in [0.2, 0.25) is 0 Å². The van der Waals surface area contributed by atoms with E-state index in [0.717, 1.165) is 24.8 Å². The first-order chi connectivity index (χ1) is 18.0. The molecule has 38 heavy (non-hydrogen) atoms. The van der Waals surface area contributed by atoms with Crippen LogP contribution in [0, 0.1) is 28.6 Å². The number of cyclic esters (lactones) is 1. The number of carbonyl (C=O) groups excluding carboxylic acids is 1. The lowest BCUT2D eigenvalue weighted by atomic mass is 9.41. The van der Waals surface area contributed by atoms with Crippen molar-refractivity contribution >= 4 is 5.97 Å². The van der Waals surface area contributed by atoms with Crippen LogP contribution in [0.5, 0.6) is 0 Å². The van der Waals surface area contributed by atoms with Crippen LogP contribution in [0.4, 0.5) is 0 Å². The molecule has 5 fully saturated rings. The van der Waals surface area contributed by atoms with Gasteiger partial charge in [-0.05, 0) is 81.6 Å². The first-order valence-corrected chi connectivity index (χ1v) is 14.6. The lowest BCUT2D eigenvalue weighted by molar-refractivity contribution is -0.297. The molecule has 5 N–H and O–H groups in total. The Kier molecular flexibility index (Phi) is 6.58. The molecule has 0 spiro atoms. The largest absolute Gasteiger partial charge is 0.458 e. The Morgan fingerprint density at radius 3 is 2.50 bits per heavy atom. The number of rotatable bonds is 4. The summed E-state index contributed by atoms with van der Waals surface area (Å²) in [6.45, 7) is 4.05. The molecule has 2 aliphatic heterocycles. The highest BCUT2D eigenvalue weighted by Crippen LogP contribution is 2.70. The molecule has 214 valence electrons. The number of ether oxygens (including phenoxy) is 3. The fourth-order valence-corrected chi connectivity index (χ4v) is 9.94. The minimum Gasteiger partial charge on any atom is -0.458 e. The van der Waals surface area contributed by atoms with Crippen LogP contribution in [0.1, 0.15) is 78.1 Å². The second-order valence-corrected chi connectivity index (χ2v) is 13.5. The highest BCUT2D eigenvalue weighted by atomic mass is 16.7. The van der Waals surface area contributed by atoms with Gasteiger partial charge in [-0.3, -0.25) is 0 Å². The molecule has 9 nitrogen and oxygen atoms in total. The highest BCUT2D eigenvalue weighted by molar-refractivity contribution is 5.85. The van der Waals surface area contributed by atoms with Gasteiger partial charge in [0.15, 0.2) is 6.29 Å². The van der Waals surface area contributed by atoms with Gasteiger partial charge in [-0.25, -0.2) is 4.79 Å². The van der Waals surface area contributed by atoms with E-state index in [1.165, 1.54) is 0 Å². The molecule has 0 bridgehead atoms. The molecule has 0 amide bonds. The molecule has 2 heterocycles. The van der Waals surface area contributed by atoms with E-state index in [2.05, 4.69) is 6.92 Å². The van der Waals surface area contributed by atoms with Crippen molar-refractivity contribution in [2.45, 2.75) is 120 Å². The summed E-state index contributed by atoms with van der Waals surface area (Å²) in [4.78, 5) is 11.8. The summed E-state index contributed by atoms with van der Waals surface area (Å²) < 4.78 is 17.2.